The van der Waals surface area contributed by atoms with Gasteiger partial charge in [-0.25, -0.2) is 0 Å². The van der Waals surface area contributed by atoms with Gasteiger partial charge in [-0.1, -0.05) is 18.2 Å². The molecule has 0 radical (unpaired) electrons. The molecular formula is C10H12N2O4. The molecule has 0 aliphatic carbocycles. The van der Waals surface area contributed by atoms with Crippen molar-refractivity contribution in [3.63, 3.8) is 0 Å². The number of nitrogens with zero attached hydrogens (tertiary/aromatic N) is 1. The third kappa shape index (κ3) is 3.03. The molecule has 0 bridgehead atoms. The highest BCUT2D eigenvalue weighted by Crippen LogP contribution is 2.19. The molecule has 86 valence electrons. The van der Waals surface area contributed by atoms with Gasteiger partial charge in [0.25, 0.3) is 5.69 Å². The van der Waals surface area contributed by atoms with Crippen LogP contribution in [0.15, 0.2) is 24.3 Å². The number of carbonyl (C=O) groups is 1. The molecule has 0 amide bonds. The number of nitro benzene ring substituents is 1. The topological polar surface area (TPSA) is 106 Å². The van der Waals surface area contributed by atoms with Crippen molar-refractivity contribution >= 4 is 11.7 Å². The Morgan fingerprint density at radius 2 is 2.12 bits per heavy atom. The minimum absolute atomic E-state index is 0.0000822. The maximum absolute atomic E-state index is 10.7. The smallest absolute Gasteiger partial charge is 0.320 e. The van der Waals surface area contributed by atoms with Gasteiger partial charge in [0.2, 0.25) is 0 Å². The van der Waals surface area contributed by atoms with Crippen molar-refractivity contribution in [2.75, 3.05) is 0 Å². The first kappa shape index (κ1) is 12.1. The van der Waals surface area contributed by atoms with Crippen molar-refractivity contribution in [1.29, 1.82) is 0 Å². The molecule has 6 heteroatoms. The largest absolute Gasteiger partial charge is 0.480 e. The molecule has 0 fully saturated rings. The van der Waals surface area contributed by atoms with E-state index in [4.69, 9.17) is 10.8 Å². The standard InChI is InChI=1S/C10H12N2O4/c11-8(10(13)14)6-5-7-3-1-2-4-9(7)12(15)16/h1-4,8H,5-6,11H2,(H,13,14)/t8-/m1/s1. The Labute approximate surface area is 91.8 Å². The Kier molecular flexibility index (Phi) is 3.96. The number of nitro groups is 1. The molecule has 0 spiro atoms. The highest BCUT2D eigenvalue weighted by molar-refractivity contribution is 5.73. The summed E-state index contributed by atoms with van der Waals surface area (Å²) in [6.07, 6.45) is 0.463. The van der Waals surface area contributed by atoms with E-state index in [1.807, 2.05) is 0 Å². The highest BCUT2D eigenvalue weighted by Gasteiger charge is 2.16. The average molecular weight is 224 g/mol. The lowest BCUT2D eigenvalue weighted by Gasteiger charge is -2.06. The van der Waals surface area contributed by atoms with Gasteiger partial charge >= 0.3 is 5.97 Å². The molecule has 1 rings (SSSR count). The third-order valence-electron chi connectivity index (χ3n) is 2.23. The average Bonchev–Trinajstić information content (AvgIpc) is 2.25. The van der Waals surface area contributed by atoms with Crippen LogP contribution in [0, 0.1) is 10.1 Å². The monoisotopic (exact) mass is 224 g/mol. The lowest BCUT2D eigenvalue weighted by molar-refractivity contribution is -0.385. The lowest BCUT2D eigenvalue weighted by Crippen LogP contribution is -2.30. The first-order valence-corrected chi connectivity index (χ1v) is 4.73. The van der Waals surface area contributed by atoms with E-state index in [9.17, 15) is 14.9 Å². The fraction of sp³-hybridized carbons (Fsp3) is 0.300. The summed E-state index contributed by atoms with van der Waals surface area (Å²) in [7, 11) is 0. The number of aryl methyl sites for hydroxylation is 1. The quantitative estimate of drug-likeness (QED) is 0.571. The maximum atomic E-state index is 10.7. The Morgan fingerprint density at radius 1 is 1.50 bits per heavy atom. The SMILES string of the molecule is N[C@H](CCc1ccccc1[N+](=O)[O-])C(=O)O. The normalized spacial score (nSPS) is 12.1. The number of aliphatic carboxylic acids is 1. The predicted octanol–water partition coefficient (Wildman–Crippen LogP) is 0.939. The van der Waals surface area contributed by atoms with Crippen LogP contribution in [0.3, 0.4) is 0 Å². The summed E-state index contributed by atoms with van der Waals surface area (Å²) in [5, 5.41) is 19.2. The first-order chi connectivity index (χ1) is 7.52. The Balaban J connectivity index is 2.74. The van der Waals surface area contributed by atoms with Crippen LogP contribution in [0.1, 0.15) is 12.0 Å². The zero-order valence-electron chi connectivity index (χ0n) is 8.50. The molecule has 0 unspecified atom stereocenters. The van der Waals surface area contributed by atoms with Crippen molar-refractivity contribution in [3.8, 4) is 0 Å². The van der Waals surface area contributed by atoms with E-state index < -0.39 is 16.9 Å². The van der Waals surface area contributed by atoms with Crippen LogP contribution in [0.25, 0.3) is 0 Å². The van der Waals surface area contributed by atoms with Gasteiger partial charge in [0.05, 0.1) is 4.92 Å². The van der Waals surface area contributed by atoms with Gasteiger partial charge in [0.15, 0.2) is 0 Å². The molecule has 0 saturated heterocycles. The first-order valence-electron chi connectivity index (χ1n) is 4.73. The summed E-state index contributed by atoms with van der Waals surface area (Å²) in [5.41, 5.74) is 5.83. The molecule has 0 saturated carbocycles. The second kappa shape index (κ2) is 5.22. The number of para-hydroxylation sites is 1. The molecular weight excluding hydrogens is 212 g/mol. The summed E-state index contributed by atoms with van der Waals surface area (Å²) in [6.45, 7) is 0. The van der Waals surface area contributed by atoms with Crippen LogP contribution in [0.2, 0.25) is 0 Å². The van der Waals surface area contributed by atoms with Gasteiger partial charge in [0.1, 0.15) is 6.04 Å². The van der Waals surface area contributed by atoms with Crippen LogP contribution >= 0.6 is 0 Å². The van der Waals surface area contributed by atoms with Gasteiger partial charge in [-0.05, 0) is 12.8 Å². The zero-order chi connectivity index (χ0) is 12.1. The van der Waals surface area contributed by atoms with Gasteiger partial charge in [0, 0.05) is 11.6 Å². The third-order valence-corrected chi connectivity index (χ3v) is 2.23. The van der Waals surface area contributed by atoms with Crippen LogP contribution in [0.5, 0.6) is 0 Å². The summed E-state index contributed by atoms with van der Waals surface area (Å²) in [5.74, 6) is -1.10. The van der Waals surface area contributed by atoms with Crippen molar-refractivity contribution in [3.05, 3.63) is 39.9 Å². The van der Waals surface area contributed by atoms with E-state index in [0.717, 1.165) is 0 Å². The van der Waals surface area contributed by atoms with E-state index in [0.29, 0.717) is 5.56 Å². The Bertz CT molecular complexity index is 406. The van der Waals surface area contributed by atoms with E-state index in [1.54, 1.807) is 18.2 Å². The predicted molar refractivity (Wildman–Crippen MR) is 57.0 cm³/mol. The summed E-state index contributed by atoms with van der Waals surface area (Å²) in [6, 6.07) is 5.25. The minimum atomic E-state index is -1.10. The number of nitrogens with two attached hydrogens (primary N) is 1. The number of rotatable bonds is 5. The number of benzene rings is 1. The molecule has 6 nitrogen and oxygen atoms in total. The fourth-order valence-corrected chi connectivity index (χ4v) is 1.33. The number of carboxylic acid groups (broad SMARTS) is 1. The second-order valence-electron chi connectivity index (χ2n) is 3.37. The molecule has 1 atom stereocenters. The lowest BCUT2D eigenvalue weighted by atomic mass is 10.0. The number of hydrogen-bond acceptors (Lipinski definition) is 4. The molecule has 0 heterocycles. The van der Waals surface area contributed by atoms with Crippen molar-refractivity contribution in [2.45, 2.75) is 18.9 Å². The van der Waals surface area contributed by atoms with E-state index in [-0.39, 0.29) is 18.5 Å². The highest BCUT2D eigenvalue weighted by atomic mass is 16.6. The summed E-state index contributed by atoms with van der Waals surface area (Å²) in [4.78, 5) is 20.7. The van der Waals surface area contributed by atoms with E-state index >= 15 is 0 Å². The summed E-state index contributed by atoms with van der Waals surface area (Å²) < 4.78 is 0. The van der Waals surface area contributed by atoms with Crippen molar-refractivity contribution in [2.24, 2.45) is 5.73 Å². The van der Waals surface area contributed by atoms with Crippen LogP contribution in [-0.4, -0.2) is 22.0 Å². The maximum Gasteiger partial charge on any atom is 0.320 e. The molecule has 0 aliphatic rings. The van der Waals surface area contributed by atoms with Gasteiger partial charge in [-0.3, -0.25) is 14.9 Å². The molecule has 16 heavy (non-hydrogen) atoms. The van der Waals surface area contributed by atoms with Crippen molar-refractivity contribution in [1.82, 2.24) is 0 Å². The number of carboxylic acids is 1. The Hall–Kier alpha value is -1.95. The Morgan fingerprint density at radius 3 is 2.69 bits per heavy atom. The van der Waals surface area contributed by atoms with Gasteiger partial charge in [-0.2, -0.15) is 0 Å². The van der Waals surface area contributed by atoms with Crippen LogP contribution < -0.4 is 5.73 Å². The van der Waals surface area contributed by atoms with Gasteiger partial charge < -0.3 is 10.8 Å². The second-order valence-corrected chi connectivity index (χ2v) is 3.37. The van der Waals surface area contributed by atoms with Crippen LogP contribution in [0.4, 0.5) is 5.69 Å². The van der Waals surface area contributed by atoms with Crippen molar-refractivity contribution < 1.29 is 14.8 Å². The van der Waals surface area contributed by atoms with E-state index in [1.165, 1.54) is 6.07 Å². The molecule has 0 aliphatic heterocycles. The van der Waals surface area contributed by atoms with Crippen LogP contribution in [-0.2, 0) is 11.2 Å². The van der Waals surface area contributed by atoms with E-state index in [2.05, 4.69) is 0 Å². The summed E-state index contributed by atoms with van der Waals surface area (Å²) >= 11 is 0. The molecule has 3 N–H and O–H groups in total. The fourth-order valence-electron chi connectivity index (χ4n) is 1.33. The molecule has 0 aromatic heterocycles. The number of hydrogen-bond donors (Lipinski definition) is 2. The minimum Gasteiger partial charge on any atom is -0.480 e. The van der Waals surface area contributed by atoms with Gasteiger partial charge in [-0.15, -0.1) is 0 Å². The molecule has 1 aromatic carbocycles. The molecule has 1 aromatic rings. The zero-order valence-corrected chi connectivity index (χ0v) is 8.50.